The number of nitrogens with one attached hydrogen (secondary N) is 1. The molecule has 3 heterocycles. The van der Waals surface area contributed by atoms with Gasteiger partial charge in [-0.05, 0) is 43.0 Å². The van der Waals surface area contributed by atoms with Gasteiger partial charge in [0.15, 0.2) is 5.13 Å². The van der Waals surface area contributed by atoms with Gasteiger partial charge in [0.1, 0.15) is 11.3 Å². The molecule has 0 radical (unpaired) electrons. The molecule has 1 aromatic carbocycles. The Balaban J connectivity index is 1.48. The first-order valence-corrected chi connectivity index (χ1v) is 10.9. The molecule has 1 saturated heterocycles. The molecule has 1 unspecified atom stereocenters. The van der Waals surface area contributed by atoms with Crippen molar-refractivity contribution in [1.82, 2.24) is 9.97 Å². The summed E-state index contributed by atoms with van der Waals surface area (Å²) in [6.45, 7) is 5.80. The zero-order valence-corrected chi connectivity index (χ0v) is 17.9. The molecule has 1 aliphatic rings. The predicted molar refractivity (Wildman–Crippen MR) is 116 cm³/mol. The number of carbonyl (C=O) groups is 1. The maximum atomic E-state index is 13.5. The van der Waals surface area contributed by atoms with Gasteiger partial charge in [0, 0.05) is 30.7 Å². The summed E-state index contributed by atoms with van der Waals surface area (Å²) in [5.74, 6) is -0.262. The van der Waals surface area contributed by atoms with Crippen LogP contribution in [0, 0.1) is 11.7 Å². The van der Waals surface area contributed by atoms with Crippen LogP contribution >= 0.6 is 22.9 Å². The summed E-state index contributed by atoms with van der Waals surface area (Å²) in [6.07, 6.45) is 3.59. The van der Waals surface area contributed by atoms with E-state index in [1.54, 1.807) is 0 Å². The smallest absolute Gasteiger partial charge is 0.231 e. The lowest BCUT2D eigenvalue weighted by Crippen LogP contribution is -2.40. The van der Waals surface area contributed by atoms with Crippen LogP contribution < -0.4 is 10.2 Å². The van der Waals surface area contributed by atoms with Gasteiger partial charge < -0.3 is 10.2 Å². The molecule has 1 amide bonds. The average Bonchev–Trinajstić information content (AvgIpc) is 3.10. The molecule has 2 aromatic heterocycles. The maximum absolute atomic E-state index is 13.5. The molecule has 1 fully saturated rings. The van der Waals surface area contributed by atoms with Crippen molar-refractivity contribution < 1.29 is 9.18 Å². The van der Waals surface area contributed by atoms with Gasteiger partial charge in [-0.2, -0.15) is 0 Å². The van der Waals surface area contributed by atoms with E-state index in [1.807, 2.05) is 12.3 Å². The Bertz CT molecular complexity index is 1050. The summed E-state index contributed by atoms with van der Waals surface area (Å²) in [7, 11) is 0. The Labute approximate surface area is 177 Å². The normalized spacial score (nSPS) is 17.1. The number of aromatic nitrogens is 2. The van der Waals surface area contributed by atoms with E-state index in [2.05, 4.69) is 40.1 Å². The molecule has 5 nitrogen and oxygen atoms in total. The van der Waals surface area contributed by atoms with Gasteiger partial charge in [-0.3, -0.25) is 9.78 Å². The molecule has 4 rings (SSSR count). The Kier molecular flexibility index (Phi) is 5.69. The fraction of sp³-hybridized carbons (Fsp3) is 0.381. The van der Waals surface area contributed by atoms with E-state index in [0.717, 1.165) is 30.8 Å². The van der Waals surface area contributed by atoms with Crippen molar-refractivity contribution in [3.8, 4) is 0 Å². The molecule has 0 spiro atoms. The summed E-state index contributed by atoms with van der Waals surface area (Å²) >= 11 is 7.29. The highest BCUT2D eigenvalue weighted by atomic mass is 35.5. The highest BCUT2D eigenvalue weighted by Gasteiger charge is 2.27. The van der Waals surface area contributed by atoms with Crippen LogP contribution in [0.1, 0.15) is 38.3 Å². The van der Waals surface area contributed by atoms with Gasteiger partial charge in [0.05, 0.1) is 15.6 Å². The lowest BCUT2D eigenvalue weighted by Gasteiger charge is -2.33. The number of nitrogens with zero attached hydrogens (tertiary/aromatic N) is 3. The third-order valence-electron chi connectivity index (χ3n) is 5.16. The van der Waals surface area contributed by atoms with Crippen LogP contribution in [0.5, 0.6) is 0 Å². The zero-order valence-electron chi connectivity index (χ0n) is 16.3. The Morgan fingerprint density at radius 1 is 1.38 bits per heavy atom. The van der Waals surface area contributed by atoms with Gasteiger partial charge in [-0.15, -0.1) is 0 Å². The molecule has 3 aromatic rings. The average molecular weight is 433 g/mol. The number of rotatable bonds is 4. The van der Waals surface area contributed by atoms with Crippen molar-refractivity contribution in [1.29, 1.82) is 0 Å². The lowest BCUT2D eigenvalue weighted by atomic mass is 9.96. The van der Waals surface area contributed by atoms with Gasteiger partial charge >= 0.3 is 0 Å². The molecule has 0 bridgehead atoms. The van der Waals surface area contributed by atoms with Crippen LogP contribution in [-0.4, -0.2) is 29.0 Å². The monoisotopic (exact) mass is 432 g/mol. The number of hydrogen-bond donors (Lipinski definition) is 1. The highest BCUT2D eigenvalue weighted by Crippen LogP contribution is 2.33. The van der Waals surface area contributed by atoms with E-state index in [9.17, 15) is 9.18 Å². The molecule has 29 heavy (non-hydrogen) atoms. The van der Waals surface area contributed by atoms with Gasteiger partial charge in [-0.1, -0.05) is 36.8 Å². The molecule has 152 valence electrons. The number of pyridine rings is 1. The Morgan fingerprint density at radius 2 is 2.21 bits per heavy atom. The Morgan fingerprint density at radius 3 is 3.00 bits per heavy atom. The third-order valence-corrected chi connectivity index (χ3v) is 6.36. The lowest BCUT2D eigenvalue weighted by molar-refractivity contribution is -0.120. The zero-order chi connectivity index (χ0) is 20.5. The Hall–Kier alpha value is -2.25. The van der Waals surface area contributed by atoms with Crippen molar-refractivity contribution in [2.75, 3.05) is 23.3 Å². The molecule has 1 aliphatic heterocycles. The predicted octanol–water partition coefficient (Wildman–Crippen LogP) is 5.46. The van der Waals surface area contributed by atoms with Crippen LogP contribution in [0.2, 0.25) is 5.02 Å². The molecule has 1 atom stereocenters. The number of piperidine rings is 1. The second-order valence-corrected chi connectivity index (χ2v) is 9.06. The minimum Gasteiger partial charge on any atom is -0.371 e. The first kappa shape index (κ1) is 20.0. The topological polar surface area (TPSA) is 58.1 Å². The van der Waals surface area contributed by atoms with Crippen molar-refractivity contribution in [2.45, 2.75) is 32.6 Å². The number of anilines is 2. The van der Waals surface area contributed by atoms with E-state index in [0.29, 0.717) is 27.8 Å². The number of halogens is 2. The summed E-state index contributed by atoms with van der Waals surface area (Å²) in [6, 6.07) is 6.71. The number of carbonyl (C=O) groups excluding carboxylic acids is 1. The van der Waals surface area contributed by atoms with E-state index < -0.39 is 5.82 Å². The highest BCUT2D eigenvalue weighted by molar-refractivity contribution is 7.22. The van der Waals surface area contributed by atoms with Crippen LogP contribution in [0.15, 0.2) is 30.5 Å². The van der Waals surface area contributed by atoms with Crippen LogP contribution in [0.3, 0.4) is 0 Å². The van der Waals surface area contributed by atoms with E-state index in [-0.39, 0.29) is 16.8 Å². The maximum Gasteiger partial charge on any atom is 0.231 e. The van der Waals surface area contributed by atoms with Crippen molar-refractivity contribution in [2.24, 2.45) is 5.92 Å². The summed E-state index contributed by atoms with van der Waals surface area (Å²) in [5, 5.41) is 3.59. The first-order chi connectivity index (χ1) is 13.9. The van der Waals surface area contributed by atoms with Gasteiger partial charge in [-0.25, -0.2) is 9.37 Å². The van der Waals surface area contributed by atoms with E-state index in [4.69, 9.17) is 11.6 Å². The third kappa shape index (κ3) is 4.36. The fourth-order valence-electron chi connectivity index (χ4n) is 3.59. The summed E-state index contributed by atoms with van der Waals surface area (Å²) in [5.41, 5.74) is 2.66. The van der Waals surface area contributed by atoms with Crippen LogP contribution in [-0.2, 0) is 4.79 Å². The van der Waals surface area contributed by atoms with Crippen molar-refractivity contribution in [3.63, 3.8) is 0 Å². The van der Waals surface area contributed by atoms with E-state index >= 15 is 0 Å². The molecular formula is C21H22ClFN4OS. The van der Waals surface area contributed by atoms with Crippen molar-refractivity contribution in [3.05, 3.63) is 47.0 Å². The molecule has 1 N–H and O–H groups in total. The number of benzene rings is 1. The number of fused-ring (bicyclic) bond motifs is 1. The van der Waals surface area contributed by atoms with Crippen LogP contribution in [0.4, 0.5) is 15.2 Å². The molecular weight excluding hydrogens is 411 g/mol. The van der Waals surface area contributed by atoms with Crippen LogP contribution in [0.25, 0.3) is 10.2 Å². The summed E-state index contributed by atoms with van der Waals surface area (Å²) in [4.78, 5) is 23.9. The number of hydrogen-bond acceptors (Lipinski definition) is 5. The molecule has 0 aliphatic carbocycles. The minimum absolute atomic E-state index is 0.0662. The minimum atomic E-state index is -0.412. The van der Waals surface area contributed by atoms with E-state index in [1.165, 1.54) is 23.5 Å². The van der Waals surface area contributed by atoms with Crippen molar-refractivity contribution >= 4 is 49.9 Å². The van der Waals surface area contributed by atoms with Gasteiger partial charge in [0.2, 0.25) is 5.91 Å². The molecule has 8 heteroatoms. The largest absolute Gasteiger partial charge is 0.371 e. The standard InChI is InChI=1S/C21H22ClFN4OS/c1-12(2)17-10-15(5-6-24-17)27-7-3-4-13(11-27)20(28)26-21-25-19-16(22)8-14(23)9-18(19)29-21/h5-6,8-10,12-13H,3-4,7,11H2,1-2H3,(H,25,26,28). The second-order valence-electron chi connectivity index (χ2n) is 7.62. The quantitative estimate of drug-likeness (QED) is 0.594. The molecule has 0 saturated carbocycles. The van der Waals surface area contributed by atoms with Gasteiger partial charge in [0.25, 0.3) is 0 Å². The first-order valence-electron chi connectivity index (χ1n) is 9.68. The SMILES string of the molecule is CC(C)c1cc(N2CCCC(C(=O)Nc3nc4c(Cl)cc(F)cc4s3)C2)ccn1. The number of thiazole rings is 1. The number of amides is 1. The second kappa shape index (κ2) is 8.24. The summed E-state index contributed by atoms with van der Waals surface area (Å²) < 4.78 is 14.2. The fourth-order valence-corrected chi connectivity index (χ4v) is 4.82.